The van der Waals surface area contributed by atoms with E-state index in [1.165, 1.54) is 24.3 Å². The number of anilines is 1. The number of rotatable bonds is 4. The number of halogens is 1. The van der Waals surface area contributed by atoms with Gasteiger partial charge in [-0.2, -0.15) is 0 Å². The zero-order valence-electron chi connectivity index (χ0n) is 22.2. The first kappa shape index (κ1) is 24.5. The minimum atomic E-state index is -1.46. The molecule has 1 amide bonds. The minimum absolute atomic E-state index is 0.0757. The van der Waals surface area contributed by atoms with Gasteiger partial charge in [0.1, 0.15) is 22.9 Å². The predicted molar refractivity (Wildman–Crippen MR) is 155 cm³/mol. The molecule has 0 radical (unpaired) electrons. The minimum Gasteiger partial charge on any atom is -0.453 e. The molecule has 204 valence electrons. The molecule has 0 aliphatic carbocycles. The fourth-order valence-corrected chi connectivity index (χ4v) is 7.21. The smallest absolute Gasteiger partial charge is 0.238 e. The van der Waals surface area contributed by atoms with Gasteiger partial charge in [-0.3, -0.25) is 14.4 Å². The van der Waals surface area contributed by atoms with E-state index in [1.807, 2.05) is 77.7 Å². The van der Waals surface area contributed by atoms with Gasteiger partial charge in [-0.05, 0) is 65.2 Å². The largest absolute Gasteiger partial charge is 0.453 e. The number of benzene rings is 4. The van der Waals surface area contributed by atoms with Crippen LogP contribution in [0.3, 0.4) is 0 Å². The fourth-order valence-electron chi connectivity index (χ4n) is 7.21. The van der Waals surface area contributed by atoms with Gasteiger partial charge in [0.2, 0.25) is 11.7 Å². The van der Waals surface area contributed by atoms with E-state index in [0.29, 0.717) is 16.8 Å². The topological polar surface area (TPSA) is 79.6 Å². The van der Waals surface area contributed by atoms with E-state index in [-0.39, 0.29) is 23.0 Å². The van der Waals surface area contributed by atoms with E-state index >= 15 is 0 Å². The molecular formula is C35H23FN2O4. The summed E-state index contributed by atoms with van der Waals surface area (Å²) in [5, 5.41) is 3.77. The van der Waals surface area contributed by atoms with Gasteiger partial charge in [-0.25, -0.2) is 4.39 Å². The standard InChI is InChI=1S/C35H23FN2O4/c36-23-15-13-21(14-16-23)31(39)30-29(32(40)28-19-22-8-2-6-12-27(22)42-28)35(25-10-4-5-11-26(25)37-34(35)41)33-24-9-3-1-7-20(24)17-18-38(30)33/h1-19,29-30,33H,(H,37,41)/t29-,30+,33-,35-/m1/s1. The number of Topliss-reactive ketones (excluding diaryl/α,β-unsaturated/α-hetero) is 2. The monoisotopic (exact) mass is 554 g/mol. The summed E-state index contributed by atoms with van der Waals surface area (Å²) in [6, 6.07) is 27.6. The van der Waals surface area contributed by atoms with Crippen LogP contribution >= 0.6 is 0 Å². The maximum atomic E-state index is 14.9. The van der Waals surface area contributed by atoms with Crippen LogP contribution in [0.25, 0.3) is 17.0 Å². The molecule has 0 bridgehead atoms. The normalized spacial score (nSPS) is 23.5. The van der Waals surface area contributed by atoms with Gasteiger partial charge in [0.15, 0.2) is 11.5 Å². The molecule has 7 heteroatoms. The SMILES string of the molecule is O=C(c1ccc(F)cc1)[C@@H]1[C@H](C(=O)c2cc3ccccc3o2)[C@@]2(C(=O)Nc3ccccc32)[C@H]2c3ccccc3C=CN12. The number of hydrogen-bond acceptors (Lipinski definition) is 5. The third-order valence-corrected chi connectivity index (χ3v) is 8.92. The van der Waals surface area contributed by atoms with Crippen LogP contribution in [0, 0.1) is 11.7 Å². The number of nitrogens with zero attached hydrogens (tertiary/aromatic N) is 1. The number of para-hydroxylation sites is 2. The number of carbonyl (C=O) groups is 3. The molecule has 1 spiro atoms. The van der Waals surface area contributed by atoms with Crippen molar-refractivity contribution in [1.29, 1.82) is 0 Å². The Hall–Kier alpha value is -5.30. The zero-order valence-corrected chi connectivity index (χ0v) is 22.2. The lowest BCUT2D eigenvalue weighted by Crippen LogP contribution is -2.49. The van der Waals surface area contributed by atoms with Gasteiger partial charge in [0.25, 0.3) is 0 Å². The van der Waals surface area contributed by atoms with Gasteiger partial charge in [-0.15, -0.1) is 0 Å². The van der Waals surface area contributed by atoms with Crippen LogP contribution in [-0.4, -0.2) is 28.4 Å². The number of hydrogen-bond donors (Lipinski definition) is 1. The quantitative estimate of drug-likeness (QED) is 0.255. The molecule has 4 atom stereocenters. The van der Waals surface area contributed by atoms with Crippen molar-refractivity contribution in [2.24, 2.45) is 5.92 Å². The molecule has 3 aliphatic rings. The Balaban J connectivity index is 1.43. The Morgan fingerprint density at radius 1 is 0.857 bits per heavy atom. The van der Waals surface area contributed by atoms with Crippen LogP contribution in [0.5, 0.6) is 0 Å². The second-order valence-electron chi connectivity index (χ2n) is 11.0. The number of ketones is 2. The Bertz CT molecular complexity index is 1940. The predicted octanol–water partition coefficient (Wildman–Crippen LogP) is 6.55. The first-order valence-electron chi connectivity index (χ1n) is 13.8. The van der Waals surface area contributed by atoms with Crippen molar-refractivity contribution in [3.8, 4) is 0 Å². The van der Waals surface area contributed by atoms with Crippen LogP contribution < -0.4 is 5.32 Å². The molecule has 3 aliphatic heterocycles. The van der Waals surface area contributed by atoms with Crippen molar-refractivity contribution in [3.05, 3.63) is 143 Å². The van der Waals surface area contributed by atoms with Crippen molar-refractivity contribution >= 4 is 40.2 Å². The summed E-state index contributed by atoms with van der Waals surface area (Å²) in [7, 11) is 0. The second kappa shape index (κ2) is 8.85. The number of amides is 1. The molecule has 8 rings (SSSR count). The Labute approximate surface area is 240 Å². The van der Waals surface area contributed by atoms with Crippen LogP contribution in [0.15, 0.2) is 114 Å². The highest BCUT2D eigenvalue weighted by molar-refractivity contribution is 6.16. The number of furan rings is 1. The third kappa shape index (κ3) is 3.22. The lowest BCUT2D eigenvalue weighted by molar-refractivity contribution is -0.122. The van der Waals surface area contributed by atoms with E-state index in [0.717, 1.165) is 16.5 Å². The molecule has 5 aromatic rings. The maximum absolute atomic E-state index is 14.9. The summed E-state index contributed by atoms with van der Waals surface area (Å²) in [5.74, 6) is -2.75. The molecule has 4 heterocycles. The zero-order chi connectivity index (χ0) is 28.6. The molecule has 1 fully saturated rings. The van der Waals surface area contributed by atoms with Gasteiger partial charge >= 0.3 is 0 Å². The molecule has 6 nitrogen and oxygen atoms in total. The number of fused-ring (bicyclic) bond motifs is 7. The highest BCUT2D eigenvalue weighted by Gasteiger charge is 2.71. The molecule has 4 aromatic carbocycles. The van der Waals surface area contributed by atoms with Crippen LogP contribution in [0.1, 0.15) is 43.6 Å². The van der Waals surface area contributed by atoms with Crippen LogP contribution in [0.2, 0.25) is 0 Å². The molecule has 0 unspecified atom stereocenters. The van der Waals surface area contributed by atoms with E-state index in [1.54, 1.807) is 18.3 Å². The first-order chi connectivity index (χ1) is 20.5. The van der Waals surface area contributed by atoms with E-state index in [9.17, 15) is 18.8 Å². The fraction of sp³-hybridized carbons (Fsp3) is 0.114. The van der Waals surface area contributed by atoms with Crippen LogP contribution in [0.4, 0.5) is 10.1 Å². The average Bonchev–Trinajstić information content (AvgIpc) is 3.68. The lowest BCUT2D eigenvalue weighted by atomic mass is 9.63. The first-order valence-corrected chi connectivity index (χ1v) is 13.8. The molecule has 1 N–H and O–H groups in total. The van der Waals surface area contributed by atoms with Crippen molar-refractivity contribution < 1.29 is 23.2 Å². The molecular weight excluding hydrogens is 531 g/mol. The van der Waals surface area contributed by atoms with Gasteiger partial charge in [0, 0.05) is 22.8 Å². The highest BCUT2D eigenvalue weighted by Crippen LogP contribution is 2.62. The van der Waals surface area contributed by atoms with Gasteiger partial charge in [0.05, 0.1) is 12.0 Å². The lowest BCUT2D eigenvalue weighted by Gasteiger charge is -2.38. The summed E-state index contributed by atoms with van der Waals surface area (Å²) < 4.78 is 20.0. The summed E-state index contributed by atoms with van der Waals surface area (Å²) in [4.78, 5) is 45.7. The van der Waals surface area contributed by atoms with E-state index < -0.39 is 35.0 Å². The molecule has 42 heavy (non-hydrogen) atoms. The Morgan fingerprint density at radius 2 is 1.60 bits per heavy atom. The van der Waals surface area contributed by atoms with Gasteiger partial charge in [-0.1, -0.05) is 60.7 Å². The van der Waals surface area contributed by atoms with Crippen molar-refractivity contribution in [2.45, 2.75) is 17.5 Å². The van der Waals surface area contributed by atoms with Crippen molar-refractivity contribution in [3.63, 3.8) is 0 Å². The summed E-state index contributed by atoms with van der Waals surface area (Å²) in [6.07, 6.45) is 3.71. The van der Waals surface area contributed by atoms with Crippen LogP contribution in [-0.2, 0) is 10.2 Å². The second-order valence-corrected chi connectivity index (χ2v) is 11.0. The molecule has 1 saturated heterocycles. The van der Waals surface area contributed by atoms with Crippen molar-refractivity contribution in [1.82, 2.24) is 4.90 Å². The number of nitrogens with one attached hydrogen (secondary N) is 1. The average molecular weight is 555 g/mol. The summed E-state index contributed by atoms with van der Waals surface area (Å²) in [6.45, 7) is 0. The van der Waals surface area contributed by atoms with Gasteiger partial charge < -0.3 is 14.6 Å². The Kier molecular flexibility index (Phi) is 5.16. The van der Waals surface area contributed by atoms with E-state index in [4.69, 9.17) is 4.42 Å². The maximum Gasteiger partial charge on any atom is 0.238 e. The van der Waals surface area contributed by atoms with E-state index in [2.05, 4.69) is 5.32 Å². The molecule has 0 saturated carbocycles. The molecule has 1 aromatic heterocycles. The number of carbonyl (C=O) groups excluding carboxylic acids is 3. The highest BCUT2D eigenvalue weighted by atomic mass is 19.1. The summed E-state index contributed by atoms with van der Waals surface area (Å²) >= 11 is 0. The summed E-state index contributed by atoms with van der Waals surface area (Å²) in [5.41, 5.74) is 2.31. The third-order valence-electron chi connectivity index (χ3n) is 8.92. The Morgan fingerprint density at radius 3 is 2.43 bits per heavy atom. The van der Waals surface area contributed by atoms with Crippen molar-refractivity contribution in [2.75, 3.05) is 5.32 Å².